The van der Waals surface area contributed by atoms with E-state index < -0.39 is 17.9 Å². The van der Waals surface area contributed by atoms with Crippen molar-refractivity contribution in [1.29, 1.82) is 0 Å². The smallest absolute Gasteiger partial charge is 0.151 e. The lowest BCUT2D eigenvalue weighted by Gasteiger charge is -2.41. The molecule has 3 N–H and O–H groups in total. The summed E-state index contributed by atoms with van der Waals surface area (Å²) in [6.07, 6.45) is 0.398. The Kier molecular flexibility index (Phi) is 3.27. The minimum Gasteiger partial charge on any atom is -0.399 e. The summed E-state index contributed by atoms with van der Waals surface area (Å²) < 4.78 is 40.1. The SMILES string of the molecule is C[C@@]1(c2cc(N)ccc2F)CC[C@](F)(CF)CN1. The molecule has 5 heteroatoms. The van der Waals surface area contributed by atoms with Crippen LogP contribution in [-0.2, 0) is 5.54 Å². The molecule has 1 aliphatic rings. The number of alkyl halides is 2. The molecule has 18 heavy (non-hydrogen) atoms. The zero-order chi connectivity index (χ0) is 13.4. The Balaban J connectivity index is 2.26. The zero-order valence-electron chi connectivity index (χ0n) is 10.3. The molecule has 1 heterocycles. The van der Waals surface area contributed by atoms with E-state index in [1.165, 1.54) is 12.1 Å². The van der Waals surface area contributed by atoms with E-state index in [-0.39, 0.29) is 18.8 Å². The van der Waals surface area contributed by atoms with E-state index in [4.69, 9.17) is 5.73 Å². The summed E-state index contributed by atoms with van der Waals surface area (Å²) in [4.78, 5) is 0. The van der Waals surface area contributed by atoms with Crippen LogP contribution in [0.3, 0.4) is 0 Å². The monoisotopic (exact) mass is 258 g/mol. The predicted molar refractivity (Wildman–Crippen MR) is 65.2 cm³/mol. The van der Waals surface area contributed by atoms with Gasteiger partial charge in [0.2, 0.25) is 0 Å². The second kappa shape index (κ2) is 4.46. The van der Waals surface area contributed by atoms with Crippen molar-refractivity contribution in [2.45, 2.75) is 31.0 Å². The highest BCUT2D eigenvalue weighted by molar-refractivity contribution is 5.44. The standard InChI is InChI=1S/C13H17F3N2/c1-12(4-5-13(16,7-14)8-18-12)10-6-9(17)2-3-11(10)15/h2-3,6,18H,4-5,7-8,17H2,1H3/t12-,13-/m0/s1. The van der Waals surface area contributed by atoms with Gasteiger partial charge in [0, 0.05) is 23.3 Å². The van der Waals surface area contributed by atoms with E-state index in [9.17, 15) is 13.2 Å². The van der Waals surface area contributed by atoms with Gasteiger partial charge in [0.25, 0.3) is 0 Å². The quantitative estimate of drug-likeness (QED) is 0.800. The maximum absolute atomic E-state index is 13.8. The van der Waals surface area contributed by atoms with Crippen molar-refractivity contribution in [1.82, 2.24) is 5.32 Å². The van der Waals surface area contributed by atoms with Crippen molar-refractivity contribution in [3.8, 4) is 0 Å². The number of piperidine rings is 1. The molecule has 0 aliphatic carbocycles. The van der Waals surface area contributed by atoms with Crippen molar-refractivity contribution >= 4 is 5.69 Å². The topological polar surface area (TPSA) is 38.0 Å². The molecule has 1 aliphatic heterocycles. The number of hydrogen-bond acceptors (Lipinski definition) is 2. The number of nitrogens with two attached hydrogens (primary N) is 1. The minimum atomic E-state index is -1.84. The van der Waals surface area contributed by atoms with Crippen molar-refractivity contribution in [2.75, 3.05) is 19.0 Å². The second-order valence-corrected chi connectivity index (χ2v) is 5.21. The van der Waals surface area contributed by atoms with Gasteiger partial charge in [-0.25, -0.2) is 13.2 Å². The van der Waals surface area contributed by atoms with Crippen molar-refractivity contribution in [2.24, 2.45) is 0 Å². The van der Waals surface area contributed by atoms with Crippen LogP contribution in [0, 0.1) is 5.82 Å². The number of hydrogen-bond donors (Lipinski definition) is 2. The molecule has 1 aromatic rings. The van der Waals surface area contributed by atoms with E-state index in [2.05, 4.69) is 5.32 Å². The highest BCUT2D eigenvalue weighted by atomic mass is 19.2. The number of nitrogens with one attached hydrogen (secondary N) is 1. The second-order valence-electron chi connectivity index (χ2n) is 5.21. The minimum absolute atomic E-state index is 0.0707. The van der Waals surface area contributed by atoms with Crippen LogP contribution in [-0.4, -0.2) is 18.9 Å². The molecule has 0 radical (unpaired) electrons. The summed E-state index contributed by atoms with van der Waals surface area (Å²) in [7, 11) is 0. The summed E-state index contributed by atoms with van der Waals surface area (Å²) in [5, 5.41) is 2.91. The summed E-state index contributed by atoms with van der Waals surface area (Å²) >= 11 is 0. The van der Waals surface area contributed by atoms with Crippen LogP contribution in [0.5, 0.6) is 0 Å². The number of anilines is 1. The van der Waals surface area contributed by atoms with Gasteiger partial charge in [0.15, 0.2) is 5.67 Å². The third kappa shape index (κ3) is 2.32. The Bertz CT molecular complexity index is 440. The molecule has 1 aromatic carbocycles. The number of halogens is 3. The molecule has 0 unspecified atom stereocenters. The number of nitrogen functional groups attached to an aromatic ring is 1. The lowest BCUT2D eigenvalue weighted by Crippen LogP contribution is -2.54. The maximum Gasteiger partial charge on any atom is 0.151 e. The first-order valence-electron chi connectivity index (χ1n) is 5.94. The molecule has 1 saturated heterocycles. The molecule has 0 amide bonds. The summed E-state index contributed by atoms with van der Waals surface area (Å²) in [5.41, 5.74) is 3.96. The van der Waals surface area contributed by atoms with E-state index in [1.54, 1.807) is 13.0 Å². The summed E-state index contributed by atoms with van der Waals surface area (Å²) in [6.45, 7) is 0.645. The molecule has 2 nitrogen and oxygen atoms in total. The van der Waals surface area contributed by atoms with Crippen LogP contribution in [0.2, 0.25) is 0 Å². The molecular formula is C13H17F3N2. The third-order valence-corrected chi connectivity index (χ3v) is 3.69. The Morgan fingerprint density at radius 1 is 1.39 bits per heavy atom. The van der Waals surface area contributed by atoms with E-state index >= 15 is 0 Å². The Morgan fingerprint density at radius 3 is 2.67 bits per heavy atom. The molecule has 2 rings (SSSR count). The number of benzene rings is 1. The van der Waals surface area contributed by atoms with Crippen molar-refractivity contribution < 1.29 is 13.2 Å². The van der Waals surface area contributed by atoms with Crippen LogP contribution >= 0.6 is 0 Å². The normalized spacial score (nSPS) is 32.4. The van der Waals surface area contributed by atoms with Gasteiger partial charge in [-0.2, -0.15) is 0 Å². The highest BCUT2D eigenvalue weighted by Crippen LogP contribution is 2.37. The van der Waals surface area contributed by atoms with E-state index in [0.29, 0.717) is 17.7 Å². The molecule has 1 fully saturated rings. The van der Waals surface area contributed by atoms with Gasteiger partial charge >= 0.3 is 0 Å². The number of rotatable bonds is 2. The van der Waals surface area contributed by atoms with Crippen LogP contribution in [0.4, 0.5) is 18.9 Å². The molecular weight excluding hydrogens is 241 g/mol. The fraction of sp³-hybridized carbons (Fsp3) is 0.538. The van der Waals surface area contributed by atoms with Crippen LogP contribution in [0.15, 0.2) is 18.2 Å². The van der Waals surface area contributed by atoms with Gasteiger partial charge < -0.3 is 11.1 Å². The van der Waals surface area contributed by atoms with E-state index in [1.807, 2.05) is 0 Å². The fourth-order valence-electron chi connectivity index (χ4n) is 2.31. The van der Waals surface area contributed by atoms with Crippen molar-refractivity contribution in [3.05, 3.63) is 29.6 Å². The molecule has 0 saturated carbocycles. The largest absolute Gasteiger partial charge is 0.399 e. The average molecular weight is 258 g/mol. The van der Waals surface area contributed by atoms with Gasteiger partial charge in [-0.05, 0) is 38.0 Å². The van der Waals surface area contributed by atoms with Gasteiger partial charge in [-0.15, -0.1) is 0 Å². The summed E-state index contributed by atoms with van der Waals surface area (Å²) in [5.74, 6) is -0.384. The van der Waals surface area contributed by atoms with Gasteiger partial charge in [-0.1, -0.05) is 0 Å². The molecule has 100 valence electrons. The zero-order valence-corrected chi connectivity index (χ0v) is 10.3. The Morgan fingerprint density at radius 2 is 2.11 bits per heavy atom. The first-order chi connectivity index (χ1) is 8.38. The van der Waals surface area contributed by atoms with Gasteiger partial charge in [0.05, 0.1) is 0 Å². The Hall–Kier alpha value is -1.23. The van der Waals surface area contributed by atoms with Gasteiger partial charge in [-0.3, -0.25) is 0 Å². The van der Waals surface area contributed by atoms with Crippen LogP contribution in [0.1, 0.15) is 25.3 Å². The lowest BCUT2D eigenvalue weighted by molar-refractivity contribution is 0.0499. The first-order valence-corrected chi connectivity index (χ1v) is 5.94. The molecule has 0 spiro atoms. The van der Waals surface area contributed by atoms with Gasteiger partial charge in [0.1, 0.15) is 12.5 Å². The predicted octanol–water partition coefficient (Wildman–Crippen LogP) is 2.68. The molecule has 0 aromatic heterocycles. The summed E-state index contributed by atoms with van der Waals surface area (Å²) in [6, 6.07) is 4.32. The third-order valence-electron chi connectivity index (χ3n) is 3.69. The first kappa shape index (κ1) is 13.2. The van der Waals surface area contributed by atoms with Crippen LogP contribution in [0.25, 0.3) is 0 Å². The Labute approximate surface area is 104 Å². The van der Waals surface area contributed by atoms with Crippen molar-refractivity contribution in [3.63, 3.8) is 0 Å². The fourth-order valence-corrected chi connectivity index (χ4v) is 2.31. The lowest BCUT2D eigenvalue weighted by atomic mass is 9.79. The van der Waals surface area contributed by atoms with E-state index in [0.717, 1.165) is 0 Å². The maximum atomic E-state index is 13.8. The molecule has 2 atom stereocenters. The average Bonchev–Trinajstić information content (AvgIpc) is 2.36. The highest BCUT2D eigenvalue weighted by Gasteiger charge is 2.42. The van der Waals surface area contributed by atoms with Crippen LogP contribution < -0.4 is 11.1 Å². The molecule has 0 bridgehead atoms.